The number of aromatic nitrogens is 2. The van der Waals surface area contributed by atoms with Gasteiger partial charge in [-0.15, -0.1) is 0 Å². The SMILES string of the molecule is Nc1cnnc2ccc(O)cc12. The van der Waals surface area contributed by atoms with Crippen molar-refractivity contribution >= 4 is 16.6 Å². The summed E-state index contributed by atoms with van der Waals surface area (Å²) in [4.78, 5) is 0. The van der Waals surface area contributed by atoms with Gasteiger partial charge in [0.05, 0.1) is 17.4 Å². The number of hydrogen-bond acceptors (Lipinski definition) is 4. The second kappa shape index (κ2) is 2.34. The van der Waals surface area contributed by atoms with Crippen LogP contribution in [0.3, 0.4) is 0 Å². The first-order valence-electron chi connectivity index (χ1n) is 3.47. The van der Waals surface area contributed by atoms with Gasteiger partial charge < -0.3 is 10.8 Å². The van der Waals surface area contributed by atoms with Crippen LogP contribution >= 0.6 is 0 Å². The monoisotopic (exact) mass is 161 g/mol. The first-order chi connectivity index (χ1) is 5.77. The number of benzene rings is 1. The fourth-order valence-electron chi connectivity index (χ4n) is 1.07. The molecule has 60 valence electrons. The van der Waals surface area contributed by atoms with Crippen LogP contribution in [0.15, 0.2) is 24.4 Å². The van der Waals surface area contributed by atoms with Crippen molar-refractivity contribution in [2.45, 2.75) is 0 Å². The lowest BCUT2D eigenvalue weighted by Gasteiger charge is -1.99. The molecule has 0 aliphatic heterocycles. The second-order valence-corrected chi connectivity index (χ2v) is 2.50. The van der Waals surface area contributed by atoms with Crippen LogP contribution in [0.25, 0.3) is 10.9 Å². The fourth-order valence-corrected chi connectivity index (χ4v) is 1.07. The molecule has 0 aliphatic carbocycles. The Morgan fingerprint density at radius 1 is 1.33 bits per heavy atom. The van der Waals surface area contributed by atoms with Crippen LogP contribution in [0, 0.1) is 0 Å². The van der Waals surface area contributed by atoms with E-state index in [0.29, 0.717) is 11.2 Å². The van der Waals surface area contributed by atoms with Crippen molar-refractivity contribution in [1.82, 2.24) is 10.2 Å². The minimum atomic E-state index is 0.183. The Hall–Kier alpha value is -1.84. The lowest BCUT2D eigenvalue weighted by Crippen LogP contribution is -1.91. The number of hydrogen-bond donors (Lipinski definition) is 2. The molecule has 4 nitrogen and oxygen atoms in total. The van der Waals surface area contributed by atoms with Gasteiger partial charge in [0.25, 0.3) is 0 Å². The standard InChI is InChI=1S/C8H7N3O/c9-7-4-10-11-8-2-1-5(12)3-6(7)8/h1-4,12H,(H2,9,11). The van der Waals surface area contributed by atoms with E-state index in [4.69, 9.17) is 10.8 Å². The van der Waals surface area contributed by atoms with Crippen LogP contribution < -0.4 is 5.73 Å². The van der Waals surface area contributed by atoms with Gasteiger partial charge in [-0.2, -0.15) is 10.2 Å². The third-order valence-corrected chi connectivity index (χ3v) is 1.65. The highest BCUT2D eigenvalue weighted by molar-refractivity contribution is 5.89. The quantitative estimate of drug-likeness (QED) is 0.602. The van der Waals surface area contributed by atoms with Gasteiger partial charge in [0.15, 0.2) is 0 Å². The molecular formula is C8H7N3O. The smallest absolute Gasteiger partial charge is 0.116 e. The van der Waals surface area contributed by atoms with Crippen molar-refractivity contribution in [3.8, 4) is 5.75 Å². The Morgan fingerprint density at radius 2 is 2.17 bits per heavy atom. The molecule has 0 saturated carbocycles. The van der Waals surface area contributed by atoms with E-state index in [1.54, 1.807) is 18.2 Å². The summed E-state index contributed by atoms with van der Waals surface area (Å²) in [6.45, 7) is 0. The number of nitrogens with zero attached hydrogens (tertiary/aromatic N) is 2. The molecule has 0 aliphatic rings. The van der Waals surface area contributed by atoms with E-state index >= 15 is 0 Å². The van der Waals surface area contributed by atoms with E-state index in [0.717, 1.165) is 5.39 Å². The van der Waals surface area contributed by atoms with Gasteiger partial charge in [0, 0.05) is 5.39 Å². The summed E-state index contributed by atoms with van der Waals surface area (Å²) in [6, 6.07) is 4.80. The van der Waals surface area contributed by atoms with Gasteiger partial charge in [-0.25, -0.2) is 0 Å². The van der Waals surface area contributed by atoms with E-state index < -0.39 is 0 Å². The highest BCUT2D eigenvalue weighted by Crippen LogP contribution is 2.21. The summed E-state index contributed by atoms with van der Waals surface area (Å²) in [6.07, 6.45) is 1.46. The van der Waals surface area contributed by atoms with Gasteiger partial charge in [0.1, 0.15) is 5.75 Å². The van der Waals surface area contributed by atoms with Crippen molar-refractivity contribution in [1.29, 1.82) is 0 Å². The van der Waals surface area contributed by atoms with Crippen molar-refractivity contribution in [2.75, 3.05) is 5.73 Å². The molecule has 0 amide bonds. The van der Waals surface area contributed by atoms with Gasteiger partial charge in [-0.1, -0.05) is 0 Å². The highest BCUT2D eigenvalue weighted by atomic mass is 16.3. The van der Waals surface area contributed by atoms with Gasteiger partial charge in [-0.05, 0) is 18.2 Å². The summed E-state index contributed by atoms with van der Waals surface area (Å²) >= 11 is 0. The van der Waals surface area contributed by atoms with Gasteiger partial charge in [0.2, 0.25) is 0 Å². The summed E-state index contributed by atoms with van der Waals surface area (Å²) in [7, 11) is 0. The molecule has 1 aromatic carbocycles. The zero-order valence-corrected chi connectivity index (χ0v) is 6.23. The zero-order valence-electron chi connectivity index (χ0n) is 6.23. The number of rotatable bonds is 0. The molecule has 4 heteroatoms. The van der Waals surface area contributed by atoms with Crippen LogP contribution in [0.2, 0.25) is 0 Å². The fraction of sp³-hybridized carbons (Fsp3) is 0. The van der Waals surface area contributed by atoms with Crippen molar-refractivity contribution in [2.24, 2.45) is 0 Å². The molecule has 0 spiro atoms. The van der Waals surface area contributed by atoms with Crippen molar-refractivity contribution in [3.05, 3.63) is 24.4 Å². The lowest BCUT2D eigenvalue weighted by atomic mass is 10.2. The predicted molar refractivity (Wildman–Crippen MR) is 45.6 cm³/mol. The number of fused-ring (bicyclic) bond motifs is 1. The van der Waals surface area contributed by atoms with E-state index in [1.807, 2.05) is 0 Å². The Balaban J connectivity index is 2.88. The van der Waals surface area contributed by atoms with Crippen LogP contribution in [0.4, 0.5) is 5.69 Å². The number of phenolic OH excluding ortho intramolecular Hbond substituents is 1. The molecule has 0 radical (unpaired) electrons. The van der Waals surface area contributed by atoms with Crippen molar-refractivity contribution < 1.29 is 5.11 Å². The van der Waals surface area contributed by atoms with Crippen LogP contribution in [0.1, 0.15) is 0 Å². The average molecular weight is 161 g/mol. The maximum absolute atomic E-state index is 9.15. The zero-order chi connectivity index (χ0) is 8.55. The molecule has 0 fully saturated rings. The Labute approximate surface area is 68.7 Å². The minimum Gasteiger partial charge on any atom is -0.508 e. The van der Waals surface area contributed by atoms with Crippen molar-refractivity contribution in [3.63, 3.8) is 0 Å². The van der Waals surface area contributed by atoms with Crippen LogP contribution in [-0.4, -0.2) is 15.3 Å². The number of aromatic hydroxyl groups is 1. The molecule has 1 heterocycles. The molecule has 1 aromatic heterocycles. The topological polar surface area (TPSA) is 72.0 Å². The molecular weight excluding hydrogens is 154 g/mol. The summed E-state index contributed by atoms with van der Waals surface area (Å²) in [5, 5.41) is 17.4. The Bertz CT molecular complexity index is 428. The van der Waals surface area contributed by atoms with Gasteiger partial charge >= 0.3 is 0 Å². The predicted octanol–water partition coefficient (Wildman–Crippen LogP) is 0.918. The van der Waals surface area contributed by atoms with E-state index in [2.05, 4.69) is 10.2 Å². The number of anilines is 1. The molecule has 2 rings (SSSR count). The van der Waals surface area contributed by atoms with Crippen LogP contribution in [-0.2, 0) is 0 Å². The Morgan fingerprint density at radius 3 is 3.00 bits per heavy atom. The first kappa shape index (κ1) is 6.84. The summed E-state index contributed by atoms with van der Waals surface area (Å²) < 4.78 is 0. The minimum absolute atomic E-state index is 0.183. The van der Waals surface area contributed by atoms with Crippen LogP contribution in [0.5, 0.6) is 5.75 Å². The van der Waals surface area contributed by atoms with E-state index in [9.17, 15) is 0 Å². The Kier molecular flexibility index (Phi) is 1.33. The first-order valence-corrected chi connectivity index (χ1v) is 3.47. The summed E-state index contributed by atoms with van der Waals surface area (Å²) in [5.74, 6) is 0.183. The molecule has 12 heavy (non-hydrogen) atoms. The lowest BCUT2D eigenvalue weighted by molar-refractivity contribution is 0.476. The number of phenols is 1. The third-order valence-electron chi connectivity index (χ3n) is 1.65. The van der Waals surface area contributed by atoms with Gasteiger partial charge in [-0.3, -0.25) is 0 Å². The number of nitrogen functional groups attached to an aromatic ring is 1. The molecule has 0 saturated heterocycles. The molecule has 0 atom stereocenters. The molecule has 3 N–H and O–H groups in total. The molecule has 2 aromatic rings. The molecule has 0 unspecified atom stereocenters. The largest absolute Gasteiger partial charge is 0.508 e. The summed E-state index contributed by atoms with van der Waals surface area (Å²) in [5.41, 5.74) is 6.82. The second-order valence-electron chi connectivity index (χ2n) is 2.50. The number of nitrogens with two attached hydrogens (primary N) is 1. The normalized spacial score (nSPS) is 10.3. The average Bonchev–Trinajstić information content (AvgIpc) is 2.07. The maximum atomic E-state index is 9.15. The van der Waals surface area contributed by atoms with E-state index in [-0.39, 0.29) is 5.75 Å². The highest BCUT2D eigenvalue weighted by Gasteiger charge is 1.99. The third kappa shape index (κ3) is 0.934. The molecule has 0 bridgehead atoms. The van der Waals surface area contributed by atoms with E-state index in [1.165, 1.54) is 6.20 Å². The maximum Gasteiger partial charge on any atom is 0.116 e.